The molecule has 55 heavy (non-hydrogen) atoms. The molecule has 2 heterocycles. The van der Waals surface area contributed by atoms with E-state index in [1.807, 2.05) is 0 Å². The Kier molecular flexibility index (Phi) is 15.5. The van der Waals surface area contributed by atoms with Gasteiger partial charge in [-0.25, -0.2) is 25.6 Å². The number of anilines is 2. The number of aryl methyl sites for hydroxylation is 2. The molecule has 0 atom stereocenters. The number of Topliss-reactive ketones (excluding diaryl/α,β-unsaturated/α-hetero) is 2. The van der Waals surface area contributed by atoms with E-state index in [9.17, 15) is 48.8 Å². The summed E-state index contributed by atoms with van der Waals surface area (Å²) < 4.78 is 104. The van der Waals surface area contributed by atoms with E-state index in [1.54, 1.807) is 24.4 Å². The first-order chi connectivity index (χ1) is 25.8. The molecule has 4 aromatic rings. The van der Waals surface area contributed by atoms with Crippen LogP contribution in [0.2, 0.25) is 0 Å². The number of rotatable bonds is 16. The summed E-state index contributed by atoms with van der Waals surface area (Å²) in [6.45, 7) is 5.19. The summed E-state index contributed by atoms with van der Waals surface area (Å²) in [5.74, 6) is -3.59. The summed E-state index contributed by atoms with van der Waals surface area (Å²) in [7, 11) is -7.30. The van der Waals surface area contributed by atoms with Crippen LogP contribution < -0.4 is 19.7 Å². The fraction of sp³-hybridized carbons (Fsp3) is 0.306. The number of sulfonamides is 2. The second-order valence-electron chi connectivity index (χ2n) is 11.8. The Morgan fingerprint density at radius 1 is 0.709 bits per heavy atom. The quantitative estimate of drug-likeness (QED) is 0.121. The smallest absolute Gasteiger partial charge is 0.315 e. The van der Waals surface area contributed by atoms with Gasteiger partial charge in [0.25, 0.3) is 5.91 Å². The summed E-state index contributed by atoms with van der Waals surface area (Å²) in [5, 5.41) is 1.80. The maximum atomic E-state index is 13.6. The molecule has 0 fully saturated rings. The van der Waals surface area contributed by atoms with Gasteiger partial charge in [0.1, 0.15) is 11.6 Å². The lowest BCUT2D eigenvalue weighted by molar-refractivity contribution is -0.131. The van der Waals surface area contributed by atoms with Crippen molar-refractivity contribution in [3.8, 4) is 0 Å². The van der Waals surface area contributed by atoms with Crippen molar-refractivity contribution in [2.45, 2.75) is 47.2 Å². The third-order valence-electron chi connectivity index (χ3n) is 7.97. The minimum absolute atomic E-state index is 0.0155. The standard InChI is InChI=1S/C19H20F3N3O4S.C17H20FN3O3S/c1-3-30(28,29)25(15-6-7-16(20)12(2)8-15)11-14-5-4-13(9-23-14)17(26)10-24-19(27)18(21)22;1-3-25(23,24)21(15-6-7-16(18)12(2)8-15)11-14-5-4-13(10-20-14)17(22)9-19/h4-9,18H,3,10-11H2,1-2H3,(H,24,27);4-8,10H,3,9,11,19H2,1-2H3. The Labute approximate surface area is 316 Å². The van der Waals surface area contributed by atoms with Crippen molar-refractivity contribution in [3.63, 3.8) is 0 Å². The van der Waals surface area contributed by atoms with Crippen molar-refractivity contribution in [1.29, 1.82) is 0 Å². The summed E-state index contributed by atoms with van der Waals surface area (Å²) >= 11 is 0. The number of ketones is 2. The molecule has 0 spiro atoms. The molecule has 3 N–H and O–H groups in total. The molecule has 296 valence electrons. The molecule has 2 aromatic carbocycles. The van der Waals surface area contributed by atoms with Gasteiger partial charge in [0, 0.05) is 23.5 Å². The number of pyridine rings is 2. The highest BCUT2D eigenvalue weighted by atomic mass is 32.2. The second kappa shape index (κ2) is 19.4. The second-order valence-corrected chi connectivity index (χ2v) is 16.2. The summed E-state index contributed by atoms with van der Waals surface area (Å²) in [6, 6.07) is 14.0. The third-order valence-corrected chi connectivity index (χ3v) is 11.5. The van der Waals surface area contributed by atoms with Crippen molar-refractivity contribution in [1.82, 2.24) is 15.3 Å². The zero-order valence-corrected chi connectivity index (χ0v) is 31.9. The van der Waals surface area contributed by atoms with Gasteiger partial charge in [-0.2, -0.15) is 8.78 Å². The Bertz CT molecular complexity index is 2210. The van der Waals surface area contributed by atoms with Crippen molar-refractivity contribution < 1.29 is 48.8 Å². The number of halogens is 4. The topological polar surface area (TPSA) is 190 Å². The van der Waals surface area contributed by atoms with Crippen LogP contribution in [0.4, 0.5) is 28.9 Å². The molecule has 0 aliphatic rings. The van der Waals surface area contributed by atoms with Crippen LogP contribution in [-0.4, -0.2) is 75.3 Å². The SMILES string of the molecule is CCS(=O)(=O)N(Cc1ccc(C(=O)CN)cn1)c1ccc(F)c(C)c1.CCS(=O)(=O)N(Cc1ccc(C(=O)CNC(=O)C(F)F)cn1)c1ccc(F)c(C)c1. The number of nitrogens with one attached hydrogen (secondary N) is 1. The maximum Gasteiger partial charge on any atom is 0.315 e. The lowest BCUT2D eigenvalue weighted by Gasteiger charge is -2.24. The lowest BCUT2D eigenvalue weighted by Crippen LogP contribution is -2.34. The number of carbonyl (C=O) groups is 3. The molecule has 4 rings (SSSR count). The van der Waals surface area contributed by atoms with Gasteiger partial charge in [-0.15, -0.1) is 0 Å². The first-order valence-corrected chi connectivity index (χ1v) is 19.8. The predicted molar refractivity (Wildman–Crippen MR) is 199 cm³/mol. The van der Waals surface area contributed by atoms with Crippen molar-refractivity contribution in [2.24, 2.45) is 5.73 Å². The average molecular weight is 809 g/mol. The van der Waals surface area contributed by atoms with Crippen molar-refractivity contribution in [3.05, 3.63) is 118 Å². The first-order valence-electron chi connectivity index (χ1n) is 16.6. The highest BCUT2D eigenvalue weighted by Gasteiger charge is 2.24. The fourth-order valence-electron chi connectivity index (χ4n) is 4.70. The normalized spacial score (nSPS) is 11.4. The van der Waals surface area contributed by atoms with E-state index in [4.69, 9.17) is 5.73 Å². The summed E-state index contributed by atoms with van der Waals surface area (Å²) in [6.07, 6.45) is -0.685. The van der Waals surface area contributed by atoms with Crippen LogP contribution in [0.5, 0.6) is 0 Å². The molecule has 0 aliphatic heterocycles. The Morgan fingerprint density at radius 3 is 1.45 bits per heavy atom. The van der Waals surface area contributed by atoms with E-state index < -0.39 is 56.3 Å². The van der Waals surface area contributed by atoms with E-state index in [0.717, 1.165) is 4.31 Å². The number of amides is 1. The minimum atomic E-state index is -3.71. The molecule has 0 saturated carbocycles. The predicted octanol–water partition coefficient (Wildman–Crippen LogP) is 4.48. The number of alkyl halides is 2. The first kappa shape index (κ1) is 44.1. The number of hydrogen-bond donors (Lipinski definition) is 2. The van der Waals surface area contributed by atoms with Crippen LogP contribution in [0.25, 0.3) is 0 Å². The van der Waals surface area contributed by atoms with Gasteiger partial charge < -0.3 is 11.1 Å². The van der Waals surface area contributed by atoms with Crippen LogP contribution in [0, 0.1) is 25.5 Å². The summed E-state index contributed by atoms with van der Waals surface area (Å²) in [5.41, 5.74) is 7.78. The van der Waals surface area contributed by atoms with Gasteiger partial charge in [-0.05, 0) is 99.5 Å². The molecule has 0 unspecified atom stereocenters. The zero-order chi connectivity index (χ0) is 41.1. The lowest BCUT2D eigenvalue weighted by atomic mass is 10.1. The number of nitrogens with two attached hydrogens (primary N) is 1. The van der Waals surface area contributed by atoms with Gasteiger partial charge in [0.05, 0.1) is 60.4 Å². The van der Waals surface area contributed by atoms with Crippen LogP contribution in [-0.2, 0) is 37.9 Å². The number of benzene rings is 2. The molecule has 19 heteroatoms. The molecule has 13 nitrogen and oxygen atoms in total. The van der Waals surface area contributed by atoms with Gasteiger partial charge in [0.15, 0.2) is 11.6 Å². The molecular weight excluding hydrogens is 769 g/mol. The number of hydrogen-bond acceptors (Lipinski definition) is 10. The van der Waals surface area contributed by atoms with Gasteiger partial charge in [-0.3, -0.25) is 33.0 Å². The van der Waals surface area contributed by atoms with Gasteiger partial charge >= 0.3 is 6.43 Å². The van der Waals surface area contributed by atoms with E-state index in [0.29, 0.717) is 28.2 Å². The summed E-state index contributed by atoms with van der Waals surface area (Å²) in [4.78, 5) is 42.5. The van der Waals surface area contributed by atoms with Crippen LogP contribution in [0.1, 0.15) is 57.1 Å². The van der Waals surface area contributed by atoms with Crippen LogP contribution >= 0.6 is 0 Å². The Morgan fingerprint density at radius 2 is 1.13 bits per heavy atom. The van der Waals surface area contributed by atoms with Crippen LogP contribution in [0.3, 0.4) is 0 Å². The van der Waals surface area contributed by atoms with E-state index in [-0.39, 0.29) is 53.7 Å². The van der Waals surface area contributed by atoms with Gasteiger partial charge in [0.2, 0.25) is 20.0 Å². The fourth-order valence-corrected chi connectivity index (χ4v) is 6.86. The van der Waals surface area contributed by atoms with Crippen molar-refractivity contribution >= 4 is 48.9 Å². The average Bonchev–Trinajstić information content (AvgIpc) is 3.17. The Balaban J connectivity index is 0.000000300. The molecule has 0 bridgehead atoms. The van der Waals surface area contributed by atoms with Crippen molar-refractivity contribution in [2.75, 3.05) is 33.2 Å². The highest BCUT2D eigenvalue weighted by Crippen LogP contribution is 2.25. The Hall–Kier alpha value is -5.27. The van der Waals surface area contributed by atoms with Gasteiger partial charge in [-0.1, -0.05) is 0 Å². The zero-order valence-electron chi connectivity index (χ0n) is 30.3. The van der Waals surface area contributed by atoms with E-state index >= 15 is 0 Å². The van der Waals surface area contributed by atoms with E-state index in [2.05, 4.69) is 9.97 Å². The van der Waals surface area contributed by atoms with E-state index in [1.165, 1.54) is 86.0 Å². The molecule has 0 radical (unpaired) electrons. The number of carbonyl (C=O) groups excluding carboxylic acids is 3. The molecule has 0 aliphatic carbocycles. The maximum absolute atomic E-state index is 13.6. The molecule has 1 amide bonds. The molecular formula is C36H40F4N6O7S2. The third kappa shape index (κ3) is 12.1. The van der Waals surface area contributed by atoms with Crippen LogP contribution in [0.15, 0.2) is 73.1 Å². The number of aromatic nitrogens is 2. The largest absolute Gasteiger partial charge is 0.344 e. The number of nitrogens with zero attached hydrogens (tertiary/aromatic N) is 4. The molecule has 0 saturated heterocycles. The minimum Gasteiger partial charge on any atom is -0.344 e. The highest BCUT2D eigenvalue weighted by molar-refractivity contribution is 7.93. The monoisotopic (exact) mass is 808 g/mol. The molecule has 2 aromatic heterocycles.